The van der Waals surface area contributed by atoms with E-state index in [1.165, 1.54) is 6.42 Å². The maximum absolute atomic E-state index is 12.7. The van der Waals surface area contributed by atoms with Crippen LogP contribution in [0.2, 0.25) is 0 Å². The summed E-state index contributed by atoms with van der Waals surface area (Å²) in [6, 6.07) is 11.2. The van der Waals surface area contributed by atoms with Crippen LogP contribution in [0.25, 0.3) is 10.9 Å². The highest BCUT2D eigenvalue weighted by atomic mass is 16.2. The first-order valence-electron chi connectivity index (χ1n) is 9.86. The lowest BCUT2D eigenvalue weighted by atomic mass is 9.95. The van der Waals surface area contributed by atoms with Crippen LogP contribution in [0.4, 0.5) is 17.1 Å². The molecule has 0 radical (unpaired) electrons. The van der Waals surface area contributed by atoms with Crippen molar-refractivity contribution in [1.82, 2.24) is 15.3 Å². The van der Waals surface area contributed by atoms with Crippen molar-refractivity contribution < 1.29 is 9.59 Å². The summed E-state index contributed by atoms with van der Waals surface area (Å²) in [6.07, 6.45) is 9.61. The Balaban J connectivity index is 1.56. The fourth-order valence-electron chi connectivity index (χ4n) is 3.66. The molecule has 1 aliphatic rings. The van der Waals surface area contributed by atoms with E-state index in [2.05, 4.69) is 25.9 Å². The first kappa shape index (κ1) is 18.9. The Morgan fingerprint density at radius 1 is 1.00 bits per heavy atom. The van der Waals surface area contributed by atoms with Crippen molar-refractivity contribution in [2.75, 3.05) is 10.6 Å². The minimum Gasteiger partial charge on any atom is -0.355 e. The van der Waals surface area contributed by atoms with Gasteiger partial charge in [0.05, 0.1) is 11.7 Å². The van der Waals surface area contributed by atoms with Gasteiger partial charge in [-0.15, -0.1) is 0 Å². The van der Waals surface area contributed by atoms with Gasteiger partial charge < -0.3 is 16.0 Å². The lowest BCUT2D eigenvalue weighted by molar-refractivity contribution is -0.105. The zero-order chi connectivity index (χ0) is 20.1. The molecule has 0 saturated heterocycles. The highest BCUT2D eigenvalue weighted by Crippen LogP contribution is 2.26. The second-order valence-electron chi connectivity index (χ2n) is 7.22. The van der Waals surface area contributed by atoms with Gasteiger partial charge in [-0.2, -0.15) is 0 Å². The Labute approximate surface area is 168 Å². The Hall–Kier alpha value is -3.48. The average Bonchev–Trinajstić information content (AvgIpc) is 2.76. The number of pyridine rings is 2. The van der Waals surface area contributed by atoms with Crippen molar-refractivity contribution in [3.05, 3.63) is 54.5 Å². The van der Waals surface area contributed by atoms with Crippen LogP contribution < -0.4 is 16.0 Å². The second kappa shape index (κ2) is 8.68. The van der Waals surface area contributed by atoms with Crippen LogP contribution in [-0.2, 0) is 4.79 Å². The molecule has 0 aliphatic heterocycles. The molecule has 148 valence electrons. The third kappa shape index (κ3) is 4.51. The number of hydrogen-bond acceptors (Lipinski definition) is 5. The minimum atomic E-state index is -0.141. The molecule has 1 aromatic carbocycles. The van der Waals surface area contributed by atoms with Gasteiger partial charge in [-0.1, -0.05) is 19.3 Å². The maximum atomic E-state index is 12.7. The lowest BCUT2D eigenvalue weighted by Crippen LogP contribution is -2.36. The topological polar surface area (TPSA) is 96.0 Å². The number of benzene rings is 1. The molecule has 0 unspecified atom stereocenters. The molecule has 7 nitrogen and oxygen atoms in total. The van der Waals surface area contributed by atoms with E-state index < -0.39 is 0 Å². The maximum Gasteiger partial charge on any atom is 0.270 e. The van der Waals surface area contributed by atoms with Crippen LogP contribution >= 0.6 is 0 Å². The lowest BCUT2D eigenvalue weighted by Gasteiger charge is -2.22. The number of anilines is 3. The number of aromatic nitrogens is 2. The number of hydrogen-bond donors (Lipinski definition) is 3. The number of fused-ring (bicyclic) bond motifs is 1. The van der Waals surface area contributed by atoms with Gasteiger partial charge in [0.25, 0.3) is 5.91 Å². The number of carbonyl (C=O) groups is 2. The summed E-state index contributed by atoms with van der Waals surface area (Å²) in [5, 5.41) is 9.89. The molecule has 3 aromatic rings. The van der Waals surface area contributed by atoms with Crippen molar-refractivity contribution >= 4 is 40.3 Å². The van der Waals surface area contributed by atoms with Crippen LogP contribution in [0.3, 0.4) is 0 Å². The highest BCUT2D eigenvalue weighted by Gasteiger charge is 2.18. The zero-order valence-electron chi connectivity index (χ0n) is 16.0. The van der Waals surface area contributed by atoms with Gasteiger partial charge in [-0.3, -0.25) is 14.6 Å². The van der Waals surface area contributed by atoms with Crippen molar-refractivity contribution in [2.24, 2.45) is 0 Å². The molecule has 1 aliphatic carbocycles. The summed E-state index contributed by atoms with van der Waals surface area (Å²) in [5.41, 5.74) is 3.52. The van der Waals surface area contributed by atoms with Gasteiger partial charge in [0.15, 0.2) is 0 Å². The van der Waals surface area contributed by atoms with Gasteiger partial charge in [-0.25, -0.2) is 4.98 Å². The van der Waals surface area contributed by atoms with Crippen molar-refractivity contribution in [2.45, 2.75) is 38.1 Å². The normalized spacial score (nSPS) is 14.3. The van der Waals surface area contributed by atoms with Gasteiger partial charge in [0, 0.05) is 34.7 Å². The molecular weight excluding hydrogens is 366 g/mol. The van der Waals surface area contributed by atoms with Gasteiger partial charge >= 0.3 is 0 Å². The Morgan fingerprint density at radius 2 is 1.76 bits per heavy atom. The monoisotopic (exact) mass is 389 g/mol. The third-order valence-electron chi connectivity index (χ3n) is 5.19. The fraction of sp³-hybridized carbons (Fsp3) is 0.273. The predicted octanol–water partition coefficient (Wildman–Crippen LogP) is 4.00. The van der Waals surface area contributed by atoms with Gasteiger partial charge in [0.1, 0.15) is 5.69 Å². The summed E-state index contributed by atoms with van der Waals surface area (Å²) in [4.78, 5) is 31.9. The van der Waals surface area contributed by atoms with E-state index in [-0.39, 0.29) is 11.9 Å². The summed E-state index contributed by atoms with van der Waals surface area (Å²) in [7, 11) is 0. The molecule has 1 saturated carbocycles. The molecule has 0 spiro atoms. The van der Waals surface area contributed by atoms with Crippen LogP contribution in [-0.4, -0.2) is 28.3 Å². The highest BCUT2D eigenvalue weighted by molar-refractivity contribution is 5.99. The number of rotatable bonds is 6. The van der Waals surface area contributed by atoms with Crippen LogP contribution in [0, 0.1) is 0 Å². The van der Waals surface area contributed by atoms with Gasteiger partial charge in [-0.05, 0) is 49.2 Å². The van der Waals surface area contributed by atoms with E-state index in [9.17, 15) is 9.59 Å². The molecule has 29 heavy (non-hydrogen) atoms. The van der Waals surface area contributed by atoms with E-state index in [0.29, 0.717) is 17.6 Å². The molecule has 2 heterocycles. The smallest absolute Gasteiger partial charge is 0.270 e. The summed E-state index contributed by atoms with van der Waals surface area (Å²) >= 11 is 0. The largest absolute Gasteiger partial charge is 0.355 e. The molecular formula is C22H23N5O2. The number of nitrogens with one attached hydrogen (secondary N) is 3. The Bertz CT molecular complexity index is 1010. The van der Waals surface area contributed by atoms with E-state index in [1.807, 2.05) is 30.3 Å². The third-order valence-corrected chi connectivity index (χ3v) is 5.19. The quantitative estimate of drug-likeness (QED) is 0.554. The average molecular weight is 389 g/mol. The van der Waals surface area contributed by atoms with Crippen LogP contribution in [0.1, 0.15) is 42.6 Å². The van der Waals surface area contributed by atoms with Crippen molar-refractivity contribution in [3.63, 3.8) is 0 Å². The van der Waals surface area contributed by atoms with Gasteiger partial charge in [0.2, 0.25) is 6.41 Å². The predicted molar refractivity (Wildman–Crippen MR) is 113 cm³/mol. The first-order valence-corrected chi connectivity index (χ1v) is 9.86. The Morgan fingerprint density at radius 3 is 2.52 bits per heavy atom. The minimum absolute atomic E-state index is 0.141. The molecule has 7 heteroatoms. The number of amides is 2. The number of carbonyl (C=O) groups excluding carboxylic acids is 2. The summed E-state index contributed by atoms with van der Waals surface area (Å²) in [6.45, 7) is 0. The molecule has 1 fully saturated rings. The Kier molecular flexibility index (Phi) is 5.65. The van der Waals surface area contributed by atoms with E-state index in [4.69, 9.17) is 0 Å². The molecule has 2 amide bonds. The fourth-order valence-corrected chi connectivity index (χ4v) is 3.66. The second-order valence-corrected chi connectivity index (χ2v) is 7.22. The van der Waals surface area contributed by atoms with E-state index in [0.717, 1.165) is 48.1 Å². The standard InChI is InChI=1S/C22H23N5O2/c28-14-25-15-6-8-17(9-7-15)26-19-10-11-23-21-13-24-20(12-18(19)21)22(29)27-16-4-2-1-3-5-16/h6-14,16H,1-5H2,(H,23,26)(H,25,28)(H,27,29). The van der Waals surface area contributed by atoms with Crippen molar-refractivity contribution in [1.29, 1.82) is 0 Å². The molecule has 0 bridgehead atoms. The zero-order valence-corrected chi connectivity index (χ0v) is 16.0. The molecule has 3 N–H and O–H groups in total. The van der Waals surface area contributed by atoms with Crippen molar-refractivity contribution in [3.8, 4) is 0 Å². The van der Waals surface area contributed by atoms with Crippen LogP contribution in [0.15, 0.2) is 48.8 Å². The first-order chi connectivity index (χ1) is 14.2. The molecule has 2 aromatic heterocycles. The number of nitrogens with zero attached hydrogens (tertiary/aromatic N) is 2. The van der Waals surface area contributed by atoms with Crippen LogP contribution in [0.5, 0.6) is 0 Å². The molecule has 4 rings (SSSR count). The molecule has 0 atom stereocenters. The van der Waals surface area contributed by atoms with E-state index in [1.54, 1.807) is 18.5 Å². The SMILES string of the molecule is O=CNc1ccc(Nc2ccnc3cnc(C(=O)NC4CCCCC4)cc23)cc1. The van der Waals surface area contributed by atoms with E-state index >= 15 is 0 Å². The summed E-state index contributed by atoms with van der Waals surface area (Å²) in [5.74, 6) is -0.141. The summed E-state index contributed by atoms with van der Waals surface area (Å²) < 4.78 is 0.